The first kappa shape index (κ1) is 19.1. The Morgan fingerprint density at radius 3 is 2.23 bits per heavy atom. The predicted octanol–water partition coefficient (Wildman–Crippen LogP) is 2.10. The van der Waals surface area contributed by atoms with Crippen molar-refractivity contribution in [2.45, 2.75) is 0 Å². The van der Waals surface area contributed by atoms with Gasteiger partial charge in [0, 0.05) is 30.5 Å². The maximum atomic E-state index is 12.3. The fraction of sp³-hybridized carbons (Fsp3) is 0.211. The highest BCUT2D eigenvalue weighted by Crippen LogP contribution is 2.13. The van der Waals surface area contributed by atoms with E-state index < -0.39 is 5.97 Å². The van der Waals surface area contributed by atoms with Crippen LogP contribution in [0, 0.1) is 0 Å². The van der Waals surface area contributed by atoms with Crippen LogP contribution in [-0.2, 0) is 9.47 Å². The molecule has 0 aliphatic rings. The summed E-state index contributed by atoms with van der Waals surface area (Å²) in [6, 6.07) is 12.7. The average Bonchev–Trinajstić information content (AvgIpc) is 2.67. The minimum absolute atomic E-state index is 0.249. The summed E-state index contributed by atoms with van der Waals surface area (Å²) in [4.78, 5) is 35.8. The smallest absolute Gasteiger partial charge is 0.337 e. The van der Waals surface area contributed by atoms with Crippen molar-refractivity contribution < 1.29 is 23.9 Å². The van der Waals surface area contributed by atoms with Crippen LogP contribution in [0.5, 0.6) is 0 Å². The molecule has 136 valence electrons. The Labute approximate surface area is 151 Å². The highest BCUT2D eigenvalue weighted by molar-refractivity contribution is 6.05. The maximum absolute atomic E-state index is 12.3. The van der Waals surface area contributed by atoms with Crippen molar-refractivity contribution in [3.63, 3.8) is 0 Å². The number of hydrogen-bond donors (Lipinski definition) is 2. The standard InChI is InChI=1S/C19H20N2O5/c1-25-11-10-20-17(22)15-4-3-5-16(12-15)21-18(23)13-6-8-14(9-7-13)19(24)26-2/h3-9,12H,10-11H2,1-2H3,(H,20,22)(H,21,23). The minimum atomic E-state index is -0.468. The lowest BCUT2D eigenvalue weighted by molar-refractivity contribution is 0.0600. The third-order valence-corrected chi connectivity index (χ3v) is 3.54. The first-order valence-corrected chi connectivity index (χ1v) is 7.92. The summed E-state index contributed by atoms with van der Waals surface area (Å²) >= 11 is 0. The van der Waals surface area contributed by atoms with Gasteiger partial charge in [-0.2, -0.15) is 0 Å². The molecule has 0 aliphatic heterocycles. The number of ether oxygens (including phenoxy) is 2. The van der Waals surface area contributed by atoms with Gasteiger partial charge in [-0.15, -0.1) is 0 Å². The van der Waals surface area contributed by atoms with Gasteiger partial charge in [-0.25, -0.2) is 4.79 Å². The molecule has 2 aromatic rings. The Bertz CT molecular complexity index is 787. The van der Waals surface area contributed by atoms with E-state index in [0.29, 0.717) is 35.5 Å². The van der Waals surface area contributed by atoms with Gasteiger partial charge in [0.05, 0.1) is 19.3 Å². The lowest BCUT2D eigenvalue weighted by Gasteiger charge is -2.09. The largest absolute Gasteiger partial charge is 0.465 e. The zero-order valence-electron chi connectivity index (χ0n) is 14.6. The van der Waals surface area contributed by atoms with E-state index in [9.17, 15) is 14.4 Å². The number of carbonyl (C=O) groups excluding carboxylic acids is 3. The van der Waals surface area contributed by atoms with Crippen LogP contribution in [0.25, 0.3) is 0 Å². The highest BCUT2D eigenvalue weighted by atomic mass is 16.5. The highest BCUT2D eigenvalue weighted by Gasteiger charge is 2.11. The molecule has 7 nitrogen and oxygen atoms in total. The Balaban J connectivity index is 2.03. The van der Waals surface area contributed by atoms with Gasteiger partial charge in [-0.3, -0.25) is 9.59 Å². The molecule has 0 atom stereocenters. The van der Waals surface area contributed by atoms with Crippen molar-refractivity contribution in [3.8, 4) is 0 Å². The molecule has 2 N–H and O–H groups in total. The molecule has 0 aromatic heterocycles. The number of anilines is 1. The number of amides is 2. The van der Waals surface area contributed by atoms with E-state index in [1.54, 1.807) is 31.4 Å². The van der Waals surface area contributed by atoms with Crippen molar-refractivity contribution in [1.82, 2.24) is 5.32 Å². The molecule has 0 saturated carbocycles. The number of esters is 1. The van der Waals surface area contributed by atoms with Crippen molar-refractivity contribution >= 4 is 23.5 Å². The van der Waals surface area contributed by atoms with Crippen LogP contribution in [0.4, 0.5) is 5.69 Å². The molecule has 0 saturated heterocycles. The Morgan fingerprint density at radius 2 is 1.58 bits per heavy atom. The van der Waals surface area contributed by atoms with Crippen LogP contribution < -0.4 is 10.6 Å². The third-order valence-electron chi connectivity index (χ3n) is 3.54. The van der Waals surface area contributed by atoms with E-state index in [-0.39, 0.29) is 11.8 Å². The second-order valence-corrected chi connectivity index (χ2v) is 5.35. The maximum Gasteiger partial charge on any atom is 0.337 e. The zero-order valence-corrected chi connectivity index (χ0v) is 14.6. The van der Waals surface area contributed by atoms with Crippen molar-refractivity contribution in [1.29, 1.82) is 0 Å². The van der Waals surface area contributed by atoms with Crippen LogP contribution in [0.1, 0.15) is 31.1 Å². The first-order valence-electron chi connectivity index (χ1n) is 7.92. The monoisotopic (exact) mass is 356 g/mol. The van der Waals surface area contributed by atoms with Crippen molar-refractivity contribution in [3.05, 3.63) is 65.2 Å². The molecule has 7 heteroatoms. The van der Waals surface area contributed by atoms with Crippen molar-refractivity contribution in [2.24, 2.45) is 0 Å². The summed E-state index contributed by atoms with van der Waals surface area (Å²) in [6.07, 6.45) is 0. The summed E-state index contributed by atoms with van der Waals surface area (Å²) in [5, 5.41) is 5.44. The summed E-state index contributed by atoms with van der Waals surface area (Å²) in [6.45, 7) is 0.822. The summed E-state index contributed by atoms with van der Waals surface area (Å²) < 4.78 is 9.50. The second kappa shape index (κ2) is 9.33. The lowest BCUT2D eigenvalue weighted by Crippen LogP contribution is -2.27. The molecule has 2 aromatic carbocycles. The van der Waals surface area contributed by atoms with E-state index in [1.165, 1.54) is 31.4 Å². The van der Waals surface area contributed by atoms with Gasteiger partial charge in [0.2, 0.25) is 0 Å². The lowest BCUT2D eigenvalue weighted by atomic mass is 10.1. The van der Waals surface area contributed by atoms with E-state index in [4.69, 9.17) is 4.74 Å². The molecular formula is C19H20N2O5. The molecule has 2 amide bonds. The Hall–Kier alpha value is -3.19. The Kier molecular flexibility index (Phi) is 6.87. The number of hydrogen-bond acceptors (Lipinski definition) is 5. The number of nitrogens with one attached hydrogen (secondary N) is 2. The molecule has 0 fully saturated rings. The molecular weight excluding hydrogens is 336 g/mol. The summed E-state index contributed by atoms with van der Waals surface area (Å²) in [5.41, 5.74) is 1.66. The molecule has 0 heterocycles. The van der Waals surface area contributed by atoms with Crippen LogP contribution in [-0.4, -0.2) is 45.2 Å². The summed E-state index contributed by atoms with van der Waals surface area (Å²) in [5.74, 6) is -1.07. The van der Waals surface area contributed by atoms with E-state index >= 15 is 0 Å². The van der Waals surface area contributed by atoms with E-state index in [1.807, 2.05) is 0 Å². The fourth-order valence-electron chi connectivity index (χ4n) is 2.19. The van der Waals surface area contributed by atoms with Crippen molar-refractivity contribution in [2.75, 3.05) is 32.7 Å². The molecule has 0 spiro atoms. The van der Waals surface area contributed by atoms with E-state index in [2.05, 4.69) is 15.4 Å². The van der Waals surface area contributed by atoms with Crippen LogP contribution in [0.15, 0.2) is 48.5 Å². The van der Waals surface area contributed by atoms with Gasteiger partial charge in [-0.05, 0) is 42.5 Å². The summed E-state index contributed by atoms with van der Waals surface area (Å²) in [7, 11) is 2.85. The van der Waals surface area contributed by atoms with Crippen LogP contribution in [0.2, 0.25) is 0 Å². The predicted molar refractivity (Wildman–Crippen MR) is 96.4 cm³/mol. The molecule has 0 aliphatic carbocycles. The SMILES string of the molecule is COCCNC(=O)c1cccc(NC(=O)c2ccc(C(=O)OC)cc2)c1. The normalized spacial score (nSPS) is 10.1. The second-order valence-electron chi connectivity index (χ2n) is 5.35. The van der Waals surface area contributed by atoms with Gasteiger partial charge < -0.3 is 20.1 Å². The minimum Gasteiger partial charge on any atom is -0.465 e. The molecule has 0 bridgehead atoms. The van der Waals surface area contributed by atoms with Gasteiger partial charge in [-0.1, -0.05) is 6.07 Å². The molecule has 2 rings (SSSR count). The zero-order chi connectivity index (χ0) is 18.9. The molecule has 0 radical (unpaired) electrons. The number of carbonyl (C=O) groups is 3. The molecule has 0 unspecified atom stereocenters. The third kappa shape index (κ3) is 5.15. The Morgan fingerprint density at radius 1 is 0.885 bits per heavy atom. The van der Waals surface area contributed by atoms with Gasteiger partial charge in [0.25, 0.3) is 11.8 Å². The first-order chi connectivity index (χ1) is 12.5. The van der Waals surface area contributed by atoms with Gasteiger partial charge in [0.15, 0.2) is 0 Å². The number of rotatable bonds is 7. The number of methoxy groups -OCH3 is 2. The van der Waals surface area contributed by atoms with Gasteiger partial charge in [0.1, 0.15) is 0 Å². The molecule has 26 heavy (non-hydrogen) atoms. The average molecular weight is 356 g/mol. The topological polar surface area (TPSA) is 93.7 Å². The van der Waals surface area contributed by atoms with E-state index in [0.717, 1.165) is 0 Å². The van der Waals surface area contributed by atoms with Gasteiger partial charge >= 0.3 is 5.97 Å². The fourth-order valence-corrected chi connectivity index (χ4v) is 2.19. The quantitative estimate of drug-likeness (QED) is 0.585. The van der Waals surface area contributed by atoms with Crippen LogP contribution in [0.3, 0.4) is 0 Å². The number of benzene rings is 2. The van der Waals surface area contributed by atoms with Crippen LogP contribution >= 0.6 is 0 Å².